The van der Waals surface area contributed by atoms with E-state index in [0.29, 0.717) is 19.0 Å². The van der Waals surface area contributed by atoms with Crippen LogP contribution < -0.4 is 25.3 Å². The van der Waals surface area contributed by atoms with E-state index in [1.165, 1.54) is 0 Å². The van der Waals surface area contributed by atoms with Crippen LogP contribution in [0.5, 0.6) is 17.2 Å². The number of alkyl halides is 6. The van der Waals surface area contributed by atoms with Crippen LogP contribution >= 0.6 is 0 Å². The normalized spacial score (nSPS) is 17.0. The van der Waals surface area contributed by atoms with Gasteiger partial charge in [0.25, 0.3) is 5.91 Å². The average molecular weight is 472 g/mol. The maximum atomic E-state index is 12.8. The fraction of sp³-hybridized carbons (Fsp3) is 0.579. The van der Waals surface area contributed by atoms with Crippen molar-refractivity contribution in [3.8, 4) is 17.2 Å². The number of nitrogens with one attached hydrogen (secondary N) is 1. The van der Waals surface area contributed by atoms with Crippen LogP contribution in [0.1, 0.15) is 42.1 Å². The summed E-state index contributed by atoms with van der Waals surface area (Å²) in [6, 6.07) is 0.348. The molecule has 0 aliphatic carbocycles. The van der Waals surface area contributed by atoms with E-state index in [1.807, 2.05) is 0 Å². The molecule has 1 aromatic carbocycles. The smallest absolute Gasteiger partial charge is 0.422 e. The number of carbonyl (C=O) groups is 2. The van der Waals surface area contributed by atoms with Crippen LogP contribution in [-0.2, 0) is 11.2 Å². The second-order valence-corrected chi connectivity index (χ2v) is 7.18. The zero-order valence-electron chi connectivity index (χ0n) is 17.0. The molecule has 3 N–H and O–H groups in total. The summed E-state index contributed by atoms with van der Waals surface area (Å²) >= 11 is 0. The summed E-state index contributed by atoms with van der Waals surface area (Å²) < 4.78 is 91.2. The summed E-state index contributed by atoms with van der Waals surface area (Å²) in [7, 11) is 0. The summed E-state index contributed by atoms with van der Waals surface area (Å²) in [6.07, 6.45) is -7.46. The number of nitrogens with two attached hydrogens (primary N) is 1. The quantitative estimate of drug-likeness (QED) is 0.342. The fourth-order valence-electron chi connectivity index (χ4n) is 3.23. The highest BCUT2D eigenvalue weighted by Crippen LogP contribution is 2.43. The van der Waals surface area contributed by atoms with Gasteiger partial charge in [0, 0.05) is 24.6 Å². The molecule has 1 atom stereocenters. The van der Waals surface area contributed by atoms with E-state index in [2.05, 4.69) is 5.32 Å². The summed E-state index contributed by atoms with van der Waals surface area (Å²) in [6.45, 7) is -2.06. The summed E-state index contributed by atoms with van der Waals surface area (Å²) in [5.41, 5.74) is 4.40. The molecule has 1 heterocycles. The van der Waals surface area contributed by atoms with Crippen molar-refractivity contribution in [3.05, 3.63) is 17.2 Å². The molecule has 1 saturated heterocycles. The van der Waals surface area contributed by atoms with Crippen molar-refractivity contribution in [2.24, 2.45) is 5.73 Å². The number of benzene rings is 1. The van der Waals surface area contributed by atoms with Crippen LogP contribution in [0, 0.1) is 0 Å². The SMILES string of the molecule is CC(=O)Oc1c(OCC(F)(F)F)cc(C(N)=O)c(OCC(F)(F)F)c1CC1CCCCN1. The predicted molar refractivity (Wildman–Crippen MR) is 98.7 cm³/mol. The van der Waals surface area contributed by atoms with Gasteiger partial charge in [-0.1, -0.05) is 6.42 Å². The van der Waals surface area contributed by atoms with Gasteiger partial charge in [0.2, 0.25) is 0 Å². The third kappa shape index (κ3) is 7.77. The van der Waals surface area contributed by atoms with E-state index in [0.717, 1.165) is 19.8 Å². The number of primary amides is 1. The van der Waals surface area contributed by atoms with Gasteiger partial charge in [0.1, 0.15) is 5.75 Å². The van der Waals surface area contributed by atoms with Crippen molar-refractivity contribution in [1.29, 1.82) is 0 Å². The third-order valence-corrected chi connectivity index (χ3v) is 4.44. The van der Waals surface area contributed by atoms with E-state index in [1.54, 1.807) is 0 Å². The number of rotatable bonds is 8. The van der Waals surface area contributed by atoms with Crippen molar-refractivity contribution in [3.63, 3.8) is 0 Å². The Morgan fingerprint density at radius 2 is 1.69 bits per heavy atom. The van der Waals surface area contributed by atoms with Gasteiger partial charge >= 0.3 is 18.3 Å². The first-order valence-corrected chi connectivity index (χ1v) is 9.57. The van der Waals surface area contributed by atoms with E-state index in [-0.39, 0.29) is 18.0 Å². The van der Waals surface area contributed by atoms with Crippen LogP contribution in [0.25, 0.3) is 0 Å². The zero-order chi connectivity index (χ0) is 24.1. The minimum absolute atomic E-state index is 0.112. The van der Waals surface area contributed by atoms with Gasteiger partial charge in [-0.25, -0.2) is 0 Å². The van der Waals surface area contributed by atoms with E-state index in [9.17, 15) is 35.9 Å². The monoisotopic (exact) mass is 472 g/mol. The fourth-order valence-corrected chi connectivity index (χ4v) is 3.23. The topological polar surface area (TPSA) is 99.9 Å². The lowest BCUT2D eigenvalue weighted by Crippen LogP contribution is -2.36. The molecule has 1 fully saturated rings. The van der Waals surface area contributed by atoms with Gasteiger partial charge < -0.3 is 25.3 Å². The van der Waals surface area contributed by atoms with Crippen molar-refractivity contribution in [2.75, 3.05) is 19.8 Å². The Kier molecular flexibility index (Phi) is 8.21. The highest BCUT2D eigenvalue weighted by molar-refractivity contribution is 5.97. The second-order valence-electron chi connectivity index (χ2n) is 7.18. The van der Waals surface area contributed by atoms with Crippen molar-refractivity contribution < 1.29 is 50.1 Å². The van der Waals surface area contributed by atoms with E-state index < -0.39 is 60.3 Å². The lowest BCUT2D eigenvalue weighted by molar-refractivity contribution is -0.155. The minimum Gasteiger partial charge on any atom is -0.483 e. The molecule has 1 aliphatic heterocycles. The maximum Gasteiger partial charge on any atom is 0.422 e. The molecule has 1 amide bonds. The standard InChI is InChI=1S/C19H22F6N2O5/c1-10(28)32-16-12(6-11-4-2-3-5-27-11)15(31-9-19(23,24)25)13(17(26)29)7-14(16)30-8-18(20,21)22/h7,11,27H,2-6,8-9H2,1H3,(H2,26,29). The lowest BCUT2D eigenvalue weighted by atomic mass is 9.94. The number of piperidine rings is 1. The van der Waals surface area contributed by atoms with Crippen LogP contribution in [0.3, 0.4) is 0 Å². The molecule has 0 bridgehead atoms. The van der Waals surface area contributed by atoms with Gasteiger partial charge in [-0.2, -0.15) is 26.3 Å². The highest BCUT2D eigenvalue weighted by atomic mass is 19.4. The van der Waals surface area contributed by atoms with Crippen LogP contribution in [-0.4, -0.2) is 50.0 Å². The maximum absolute atomic E-state index is 12.8. The second kappa shape index (κ2) is 10.3. The van der Waals surface area contributed by atoms with Crippen LogP contribution in [0.15, 0.2) is 6.07 Å². The number of amides is 1. The lowest BCUT2D eigenvalue weighted by Gasteiger charge is -2.27. The molecular weight excluding hydrogens is 450 g/mol. The van der Waals surface area contributed by atoms with Gasteiger partial charge in [-0.3, -0.25) is 9.59 Å². The Morgan fingerprint density at radius 1 is 1.06 bits per heavy atom. The molecule has 1 unspecified atom stereocenters. The predicted octanol–water partition coefficient (Wildman–Crippen LogP) is 3.28. The minimum atomic E-state index is -4.79. The Balaban J connectivity index is 2.65. The number of hydrogen-bond donors (Lipinski definition) is 2. The van der Waals surface area contributed by atoms with Crippen molar-refractivity contribution >= 4 is 11.9 Å². The molecule has 0 saturated carbocycles. The Labute approximate surface area is 179 Å². The van der Waals surface area contributed by atoms with Crippen molar-refractivity contribution in [2.45, 2.75) is 51.0 Å². The van der Waals surface area contributed by atoms with Crippen LogP contribution in [0.2, 0.25) is 0 Å². The Hall–Kier alpha value is -2.70. The number of hydrogen-bond acceptors (Lipinski definition) is 6. The molecule has 32 heavy (non-hydrogen) atoms. The molecule has 180 valence electrons. The Bertz CT molecular complexity index is 835. The van der Waals surface area contributed by atoms with Crippen molar-refractivity contribution in [1.82, 2.24) is 5.32 Å². The highest BCUT2D eigenvalue weighted by Gasteiger charge is 2.34. The molecule has 1 aromatic rings. The summed E-state index contributed by atoms with van der Waals surface area (Å²) in [5, 5.41) is 3.12. The molecule has 0 spiro atoms. The largest absolute Gasteiger partial charge is 0.483 e. The first-order chi connectivity index (χ1) is 14.8. The van der Waals surface area contributed by atoms with E-state index >= 15 is 0 Å². The number of halogens is 6. The van der Waals surface area contributed by atoms with Gasteiger partial charge in [-0.15, -0.1) is 0 Å². The average Bonchev–Trinajstić information content (AvgIpc) is 2.65. The van der Waals surface area contributed by atoms with Crippen LogP contribution in [0.4, 0.5) is 26.3 Å². The first-order valence-electron chi connectivity index (χ1n) is 9.57. The molecule has 2 rings (SSSR count). The molecule has 0 radical (unpaired) electrons. The molecule has 1 aliphatic rings. The molecular formula is C19H22F6N2O5. The summed E-state index contributed by atoms with van der Waals surface area (Å²) in [4.78, 5) is 23.6. The van der Waals surface area contributed by atoms with E-state index in [4.69, 9.17) is 19.9 Å². The van der Waals surface area contributed by atoms with Gasteiger partial charge in [0.05, 0.1) is 5.56 Å². The zero-order valence-corrected chi connectivity index (χ0v) is 17.0. The third-order valence-electron chi connectivity index (χ3n) is 4.44. The number of carbonyl (C=O) groups excluding carboxylic acids is 2. The molecule has 13 heteroatoms. The Morgan fingerprint density at radius 3 is 2.19 bits per heavy atom. The van der Waals surface area contributed by atoms with Gasteiger partial charge in [0.15, 0.2) is 24.7 Å². The molecule has 7 nitrogen and oxygen atoms in total. The molecule has 0 aromatic heterocycles. The number of ether oxygens (including phenoxy) is 3. The van der Waals surface area contributed by atoms with Gasteiger partial charge in [-0.05, 0) is 25.8 Å². The first kappa shape index (κ1) is 25.6. The number of esters is 1. The summed E-state index contributed by atoms with van der Waals surface area (Å²) in [5.74, 6) is -4.08.